The van der Waals surface area contributed by atoms with Crippen LogP contribution in [0, 0.1) is 6.92 Å². The number of carboxylic acid groups (broad SMARTS) is 1. The van der Waals surface area contributed by atoms with Crippen molar-refractivity contribution in [3.05, 3.63) is 50.1 Å². The summed E-state index contributed by atoms with van der Waals surface area (Å²) in [5.74, 6) is -1.01. The molecule has 0 unspecified atom stereocenters. The van der Waals surface area contributed by atoms with Gasteiger partial charge in [0.25, 0.3) is 0 Å². The van der Waals surface area contributed by atoms with Crippen molar-refractivity contribution in [3.63, 3.8) is 0 Å². The molecular weight excluding hydrogens is 356 g/mol. The van der Waals surface area contributed by atoms with Gasteiger partial charge in [-0.1, -0.05) is 6.07 Å². The van der Waals surface area contributed by atoms with E-state index in [1.54, 1.807) is 19.1 Å². The van der Waals surface area contributed by atoms with Crippen molar-refractivity contribution in [2.75, 3.05) is 5.32 Å². The highest BCUT2D eigenvalue weighted by molar-refractivity contribution is 9.10. The van der Waals surface area contributed by atoms with Gasteiger partial charge in [-0.25, -0.2) is 9.59 Å². The molecule has 0 radical (unpaired) electrons. The Morgan fingerprint density at radius 2 is 2.10 bits per heavy atom. The summed E-state index contributed by atoms with van der Waals surface area (Å²) < 4.78 is 0.955. The Labute approximate surface area is 134 Å². The van der Waals surface area contributed by atoms with Crippen LogP contribution in [0.2, 0.25) is 0 Å². The van der Waals surface area contributed by atoms with Crippen LogP contribution >= 0.6 is 27.3 Å². The highest BCUT2D eigenvalue weighted by Gasteiger charge is 2.10. The van der Waals surface area contributed by atoms with Gasteiger partial charge >= 0.3 is 12.0 Å². The van der Waals surface area contributed by atoms with E-state index >= 15 is 0 Å². The van der Waals surface area contributed by atoms with Crippen LogP contribution in [0.3, 0.4) is 0 Å². The quantitative estimate of drug-likeness (QED) is 0.766. The minimum Gasteiger partial charge on any atom is -0.478 e. The predicted molar refractivity (Wildman–Crippen MR) is 86.0 cm³/mol. The van der Waals surface area contributed by atoms with Crippen molar-refractivity contribution < 1.29 is 14.7 Å². The molecule has 21 heavy (non-hydrogen) atoms. The molecule has 0 saturated carbocycles. The lowest BCUT2D eigenvalue weighted by Crippen LogP contribution is -2.28. The number of hydrogen-bond acceptors (Lipinski definition) is 3. The number of carboxylic acids is 1. The van der Waals surface area contributed by atoms with Gasteiger partial charge in [0, 0.05) is 15.0 Å². The number of thiophene rings is 1. The normalized spacial score (nSPS) is 10.2. The molecule has 0 fully saturated rings. The van der Waals surface area contributed by atoms with Gasteiger partial charge in [-0.15, -0.1) is 11.3 Å². The van der Waals surface area contributed by atoms with Gasteiger partial charge in [0.1, 0.15) is 0 Å². The predicted octanol–water partition coefficient (Wildman–Crippen LogP) is 3.84. The Kier molecular flexibility index (Phi) is 4.98. The second-order valence-electron chi connectivity index (χ2n) is 4.33. The Bertz CT molecular complexity index is 685. The molecule has 0 aliphatic heterocycles. The van der Waals surface area contributed by atoms with E-state index in [-0.39, 0.29) is 11.6 Å². The van der Waals surface area contributed by atoms with Crippen LogP contribution in [0.4, 0.5) is 10.5 Å². The first kappa shape index (κ1) is 15.5. The number of carbonyl (C=O) groups is 2. The number of aromatic carboxylic acids is 1. The molecule has 7 heteroatoms. The highest BCUT2D eigenvalue weighted by Crippen LogP contribution is 2.22. The SMILES string of the molecule is Cc1ccc(NC(=O)NCc2sccc2Br)cc1C(=O)O. The van der Waals surface area contributed by atoms with Crippen molar-refractivity contribution >= 4 is 45.0 Å². The summed E-state index contributed by atoms with van der Waals surface area (Å²) in [4.78, 5) is 23.9. The molecule has 0 bridgehead atoms. The Balaban J connectivity index is 1.98. The second-order valence-corrected chi connectivity index (χ2v) is 6.19. The van der Waals surface area contributed by atoms with Crippen molar-refractivity contribution in [1.82, 2.24) is 5.32 Å². The van der Waals surface area contributed by atoms with E-state index in [0.29, 0.717) is 17.8 Å². The average molecular weight is 369 g/mol. The van der Waals surface area contributed by atoms with Crippen LogP contribution in [0.1, 0.15) is 20.8 Å². The Morgan fingerprint density at radius 1 is 1.33 bits per heavy atom. The number of urea groups is 1. The van der Waals surface area contributed by atoms with Crippen LogP contribution in [0.15, 0.2) is 34.1 Å². The fraction of sp³-hybridized carbons (Fsp3) is 0.143. The maximum atomic E-state index is 11.8. The van der Waals surface area contributed by atoms with Crippen molar-refractivity contribution in [1.29, 1.82) is 0 Å². The molecule has 0 saturated heterocycles. The average Bonchev–Trinajstić information content (AvgIpc) is 2.84. The van der Waals surface area contributed by atoms with Crippen molar-refractivity contribution in [2.45, 2.75) is 13.5 Å². The third-order valence-corrected chi connectivity index (χ3v) is 4.75. The second kappa shape index (κ2) is 6.73. The van der Waals surface area contributed by atoms with Gasteiger partial charge in [-0.2, -0.15) is 0 Å². The number of rotatable bonds is 4. The maximum absolute atomic E-state index is 11.8. The summed E-state index contributed by atoms with van der Waals surface area (Å²) in [7, 11) is 0. The van der Waals surface area contributed by atoms with Gasteiger partial charge in [0.05, 0.1) is 12.1 Å². The summed E-state index contributed by atoms with van der Waals surface area (Å²) in [6.45, 7) is 2.11. The van der Waals surface area contributed by atoms with Crippen LogP contribution < -0.4 is 10.6 Å². The number of nitrogens with one attached hydrogen (secondary N) is 2. The summed E-state index contributed by atoms with van der Waals surface area (Å²) >= 11 is 4.93. The van der Waals surface area contributed by atoms with E-state index in [1.807, 2.05) is 11.4 Å². The molecule has 5 nitrogen and oxygen atoms in total. The molecule has 1 aromatic heterocycles. The third kappa shape index (κ3) is 4.05. The number of aryl methyl sites for hydroxylation is 1. The van der Waals surface area contributed by atoms with Crippen LogP contribution in [-0.2, 0) is 6.54 Å². The van der Waals surface area contributed by atoms with Crippen LogP contribution in [0.25, 0.3) is 0 Å². The summed E-state index contributed by atoms with van der Waals surface area (Å²) in [6, 6.07) is 6.31. The number of carbonyl (C=O) groups excluding carboxylic acids is 1. The maximum Gasteiger partial charge on any atom is 0.336 e. The standard InChI is InChI=1S/C14H13BrN2O3S/c1-8-2-3-9(6-10(8)13(18)19)17-14(20)16-7-12-11(15)4-5-21-12/h2-6H,7H2,1H3,(H,18,19)(H2,16,17,20). The molecule has 0 atom stereocenters. The first-order valence-electron chi connectivity index (χ1n) is 6.08. The van der Waals surface area contributed by atoms with Crippen LogP contribution in [-0.4, -0.2) is 17.1 Å². The lowest BCUT2D eigenvalue weighted by Gasteiger charge is -2.09. The highest BCUT2D eigenvalue weighted by atomic mass is 79.9. The number of halogens is 1. The van der Waals surface area contributed by atoms with Gasteiger partial charge in [-0.3, -0.25) is 0 Å². The lowest BCUT2D eigenvalue weighted by atomic mass is 10.1. The molecule has 3 N–H and O–H groups in total. The van der Waals surface area contributed by atoms with Gasteiger partial charge in [-0.05, 0) is 52.0 Å². The Hall–Kier alpha value is -1.86. The number of hydrogen-bond donors (Lipinski definition) is 3. The molecule has 2 rings (SSSR count). The monoisotopic (exact) mass is 368 g/mol. The molecule has 1 aromatic carbocycles. The summed E-state index contributed by atoms with van der Waals surface area (Å²) in [5, 5.41) is 16.3. The Morgan fingerprint density at radius 3 is 2.71 bits per heavy atom. The smallest absolute Gasteiger partial charge is 0.336 e. The fourth-order valence-electron chi connectivity index (χ4n) is 1.72. The summed E-state index contributed by atoms with van der Waals surface area (Å²) in [6.07, 6.45) is 0. The minimum atomic E-state index is -1.01. The molecule has 2 aromatic rings. The molecular formula is C14H13BrN2O3S. The summed E-state index contributed by atoms with van der Waals surface area (Å²) in [5.41, 5.74) is 1.27. The van der Waals surface area contributed by atoms with Gasteiger partial charge in [0.15, 0.2) is 0 Å². The molecule has 1 heterocycles. The topological polar surface area (TPSA) is 78.4 Å². The molecule has 0 aliphatic rings. The molecule has 0 spiro atoms. The van der Waals surface area contributed by atoms with E-state index in [2.05, 4.69) is 26.6 Å². The minimum absolute atomic E-state index is 0.175. The van der Waals surface area contributed by atoms with E-state index in [0.717, 1.165) is 9.35 Å². The molecule has 2 amide bonds. The zero-order chi connectivity index (χ0) is 15.4. The lowest BCUT2D eigenvalue weighted by molar-refractivity contribution is 0.0696. The first-order chi connectivity index (χ1) is 9.97. The van der Waals surface area contributed by atoms with Gasteiger partial charge < -0.3 is 15.7 Å². The van der Waals surface area contributed by atoms with E-state index < -0.39 is 5.97 Å². The number of anilines is 1. The zero-order valence-corrected chi connectivity index (χ0v) is 13.5. The van der Waals surface area contributed by atoms with Gasteiger partial charge in [0.2, 0.25) is 0 Å². The van der Waals surface area contributed by atoms with Crippen molar-refractivity contribution in [3.8, 4) is 0 Å². The molecule has 0 aliphatic carbocycles. The third-order valence-electron chi connectivity index (χ3n) is 2.83. The van der Waals surface area contributed by atoms with E-state index in [9.17, 15) is 9.59 Å². The van der Waals surface area contributed by atoms with E-state index in [4.69, 9.17) is 5.11 Å². The largest absolute Gasteiger partial charge is 0.478 e. The van der Waals surface area contributed by atoms with E-state index in [1.165, 1.54) is 17.4 Å². The zero-order valence-electron chi connectivity index (χ0n) is 11.1. The fourth-order valence-corrected chi connectivity index (χ4v) is 3.15. The number of benzene rings is 1. The number of amides is 2. The van der Waals surface area contributed by atoms with Crippen molar-refractivity contribution in [2.24, 2.45) is 0 Å². The molecule has 110 valence electrons. The van der Waals surface area contributed by atoms with Crippen LogP contribution in [0.5, 0.6) is 0 Å². The first-order valence-corrected chi connectivity index (χ1v) is 7.75.